The minimum Gasteiger partial charge on any atom is -0.356 e. The van der Waals surface area contributed by atoms with Gasteiger partial charge < -0.3 is 10.2 Å². The highest BCUT2D eigenvalue weighted by atomic mass is 32.2. The molecule has 1 amide bonds. The Morgan fingerprint density at radius 1 is 1.06 bits per heavy atom. The molecule has 0 aromatic heterocycles. The van der Waals surface area contributed by atoms with Crippen LogP contribution in [0.5, 0.6) is 0 Å². The van der Waals surface area contributed by atoms with Crippen LogP contribution >= 0.6 is 0 Å². The Bertz CT molecular complexity index is 807. The first kappa shape index (κ1) is 24.2. The van der Waals surface area contributed by atoms with Crippen LogP contribution in [0.15, 0.2) is 24.3 Å². The second kappa shape index (κ2) is 10.9. The number of piperidine rings is 2. The highest BCUT2D eigenvalue weighted by Crippen LogP contribution is 2.23. The molecule has 2 fully saturated rings. The van der Waals surface area contributed by atoms with Crippen molar-refractivity contribution < 1.29 is 13.2 Å². The lowest BCUT2D eigenvalue weighted by atomic mass is 9.92. The Morgan fingerprint density at radius 2 is 1.68 bits per heavy atom. The summed E-state index contributed by atoms with van der Waals surface area (Å²) in [6.07, 6.45) is 3.47. The van der Waals surface area contributed by atoms with Gasteiger partial charge in [-0.1, -0.05) is 43.7 Å². The molecule has 0 spiro atoms. The van der Waals surface area contributed by atoms with Crippen molar-refractivity contribution in [2.75, 3.05) is 39.3 Å². The molecular weight excluding hydrogens is 410 g/mol. The minimum absolute atomic E-state index is 0.0257. The summed E-state index contributed by atoms with van der Waals surface area (Å²) in [7, 11) is -3.34. The topological polar surface area (TPSA) is 69.7 Å². The van der Waals surface area contributed by atoms with Crippen molar-refractivity contribution in [3.05, 3.63) is 35.4 Å². The average Bonchev–Trinajstić information content (AvgIpc) is 2.72. The first-order valence-corrected chi connectivity index (χ1v) is 13.4. The van der Waals surface area contributed by atoms with Crippen LogP contribution in [-0.2, 0) is 20.6 Å². The van der Waals surface area contributed by atoms with Crippen LogP contribution in [0.1, 0.15) is 50.7 Å². The Morgan fingerprint density at radius 3 is 2.29 bits per heavy atom. The molecule has 174 valence electrons. The monoisotopic (exact) mass is 449 g/mol. The molecule has 1 aromatic rings. The molecule has 2 atom stereocenters. The molecule has 0 bridgehead atoms. The van der Waals surface area contributed by atoms with Gasteiger partial charge in [0, 0.05) is 38.6 Å². The van der Waals surface area contributed by atoms with E-state index in [1.165, 1.54) is 6.42 Å². The van der Waals surface area contributed by atoms with Gasteiger partial charge in [0.15, 0.2) is 0 Å². The highest BCUT2D eigenvalue weighted by Gasteiger charge is 2.31. The molecule has 0 saturated carbocycles. The normalized spacial score (nSPS) is 24.2. The average molecular weight is 450 g/mol. The zero-order valence-corrected chi connectivity index (χ0v) is 20.2. The van der Waals surface area contributed by atoms with Crippen LogP contribution in [0, 0.1) is 24.7 Å². The van der Waals surface area contributed by atoms with Crippen molar-refractivity contribution in [1.29, 1.82) is 0 Å². The van der Waals surface area contributed by atoms with E-state index in [0.29, 0.717) is 32.5 Å². The number of nitrogens with one attached hydrogen (secondary N) is 1. The standard InChI is InChI=1S/C24H39N3O3S/c1-19-5-7-22(8-6-19)18-31(29,30)27-13-9-23(10-14-27)24(28)25-11-4-12-26-16-20(2)15-21(3)17-26/h5-8,20-21,23H,4,9-18H2,1-3H3,(H,25,28)/t20-,21+. The molecule has 2 aliphatic rings. The largest absolute Gasteiger partial charge is 0.356 e. The number of nitrogens with zero attached hydrogens (tertiary/aromatic N) is 2. The molecule has 1 aromatic carbocycles. The molecule has 2 saturated heterocycles. The zero-order chi connectivity index (χ0) is 22.4. The summed E-state index contributed by atoms with van der Waals surface area (Å²) in [5, 5.41) is 3.08. The second-order valence-corrected chi connectivity index (χ2v) is 11.7. The molecule has 7 heteroatoms. The number of benzene rings is 1. The van der Waals surface area contributed by atoms with Crippen LogP contribution < -0.4 is 5.32 Å². The van der Waals surface area contributed by atoms with Gasteiger partial charge in [-0.3, -0.25) is 4.79 Å². The lowest BCUT2D eigenvalue weighted by Crippen LogP contribution is -2.44. The third-order valence-electron chi connectivity index (χ3n) is 6.58. The van der Waals surface area contributed by atoms with Crippen molar-refractivity contribution in [3.63, 3.8) is 0 Å². The number of sulfonamides is 1. The second-order valence-electron chi connectivity index (χ2n) is 9.77. The van der Waals surface area contributed by atoms with E-state index < -0.39 is 10.0 Å². The Labute approximate surface area is 188 Å². The van der Waals surface area contributed by atoms with E-state index in [4.69, 9.17) is 0 Å². The van der Waals surface area contributed by atoms with Crippen LogP contribution in [0.4, 0.5) is 0 Å². The summed E-state index contributed by atoms with van der Waals surface area (Å²) in [4.78, 5) is 15.1. The van der Waals surface area contributed by atoms with Crippen LogP contribution in [0.25, 0.3) is 0 Å². The molecule has 31 heavy (non-hydrogen) atoms. The minimum atomic E-state index is -3.34. The number of carbonyl (C=O) groups is 1. The van der Waals surface area contributed by atoms with Crippen molar-refractivity contribution >= 4 is 15.9 Å². The van der Waals surface area contributed by atoms with Crippen LogP contribution in [-0.4, -0.2) is 62.8 Å². The van der Waals surface area contributed by atoms with Crippen molar-refractivity contribution in [2.45, 2.75) is 52.2 Å². The molecule has 2 heterocycles. The number of carbonyl (C=O) groups excluding carboxylic acids is 1. The van der Waals surface area contributed by atoms with Gasteiger partial charge in [-0.15, -0.1) is 0 Å². The molecule has 1 N–H and O–H groups in total. The van der Waals surface area contributed by atoms with E-state index in [0.717, 1.165) is 49.0 Å². The third-order valence-corrected chi connectivity index (χ3v) is 8.43. The molecule has 0 radical (unpaired) electrons. The predicted octanol–water partition coefficient (Wildman–Crippen LogP) is 3.02. The van der Waals surface area contributed by atoms with Gasteiger partial charge in [0.1, 0.15) is 0 Å². The van der Waals surface area contributed by atoms with E-state index in [1.54, 1.807) is 4.31 Å². The summed E-state index contributed by atoms with van der Waals surface area (Å²) in [5.41, 5.74) is 1.93. The first-order chi connectivity index (χ1) is 14.7. The molecular formula is C24H39N3O3S. The third kappa shape index (κ3) is 7.29. The first-order valence-electron chi connectivity index (χ1n) is 11.8. The van der Waals surface area contributed by atoms with Gasteiger partial charge in [-0.2, -0.15) is 0 Å². The maximum absolute atomic E-state index is 12.7. The SMILES string of the molecule is Cc1ccc(CS(=O)(=O)N2CCC(C(=O)NCCCN3C[C@H](C)C[C@H](C)C3)CC2)cc1. The van der Waals surface area contributed by atoms with Gasteiger partial charge in [0.2, 0.25) is 15.9 Å². The molecule has 0 aliphatic carbocycles. The van der Waals surface area contributed by atoms with E-state index in [1.807, 2.05) is 31.2 Å². The number of hydrogen-bond acceptors (Lipinski definition) is 4. The van der Waals surface area contributed by atoms with Crippen LogP contribution in [0.2, 0.25) is 0 Å². The fourth-order valence-corrected chi connectivity index (χ4v) is 6.58. The summed E-state index contributed by atoms with van der Waals surface area (Å²) >= 11 is 0. The molecule has 3 rings (SSSR count). The number of hydrogen-bond donors (Lipinski definition) is 1. The Hall–Kier alpha value is -1.44. The van der Waals surface area contributed by atoms with E-state index in [9.17, 15) is 13.2 Å². The van der Waals surface area contributed by atoms with E-state index in [2.05, 4.69) is 24.1 Å². The maximum atomic E-state index is 12.7. The molecule has 0 unspecified atom stereocenters. The van der Waals surface area contributed by atoms with Gasteiger partial charge in [-0.25, -0.2) is 12.7 Å². The quantitative estimate of drug-likeness (QED) is 0.620. The molecule has 2 aliphatic heterocycles. The summed E-state index contributed by atoms with van der Waals surface area (Å²) < 4.78 is 27.0. The maximum Gasteiger partial charge on any atom is 0.223 e. The summed E-state index contributed by atoms with van der Waals surface area (Å²) in [5.74, 6) is 1.53. The summed E-state index contributed by atoms with van der Waals surface area (Å²) in [6.45, 7) is 11.5. The van der Waals surface area contributed by atoms with Crippen LogP contribution in [0.3, 0.4) is 0 Å². The Kier molecular flexibility index (Phi) is 8.53. The zero-order valence-electron chi connectivity index (χ0n) is 19.3. The smallest absolute Gasteiger partial charge is 0.223 e. The van der Waals surface area contributed by atoms with E-state index in [-0.39, 0.29) is 17.6 Å². The van der Waals surface area contributed by atoms with Gasteiger partial charge in [-0.05, 0) is 56.6 Å². The number of rotatable bonds is 8. The lowest BCUT2D eigenvalue weighted by Gasteiger charge is -2.35. The van der Waals surface area contributed by atoms with E-state index >= 15 is 0 Å². The summed E-state index contributed by atoms with van der Waals surface area (Å²) in [6, 6.07) is 7.62. The number of likely N-dealkylation sites (tertiary alicyclic amines) is 1. The lowest BCUT2D eigenvalue weighted by molar-refractivity contribution is -0.126. The fraction of sp³-hybridized carbons (Fsp3) is 0.708. The predicted molar refractivity (Wildman–Crippen MR) is 125 cm³/mol. The fourth-order valence-electron chi connectivity index (χ4n) is 5.02. The number of amides is 1. The number of aryl methyl sites for hydroxylation is 1. The van der Waals surface area contributed by atoms with Gasteiger partial charge in [0.05, 0.1) is 5.75 Å². The van der Waals surface area contributed by atoms with Crippen molar-refractivity contribution in [3.8, 4) is 0 Å². The molecule has 6 nitrogen and oxygen atoms in total. The Balaban J connectivity index is 1.36. The van der Waals surface area contributed by atoms with Crippen molar-refractivity contribution in [2.24, 2.45) is 17.8 Å². The van der Waals surface area contributed by atoms with Crippen molar-refractivity contribution in [1.82, 2.24) is 14.5 Å². The van der Waals surface area contributed by atoms with Gasteiger partial charge >= 0.3 is 0 Å². The van der Waals surface area contributed by atoms with Gasteiger partial charge in [0.25, 0.3) is 0 Å². The highest BCUT2D eigenvalue weighted by molar-refractivity contribution is 7.88.